The molecule has 1 saturated carbocycles. The smallest absolute Gasteiger partial charge is 0.220 e. The van der Waals surface area contributed by atoms with E-state index in [0.717, 1.165) is 31.2 Å². The van der Waals surface area contributed by atoms with Crippen molar-refractivity contribution in [2.75, 3.05) is 13.1 Å². The zero-order valence-electron chi connectivity index (χ0n) is 10.5. The van der Waals surface area contributed by atoms with Crippen LogP contribution in [0.2, 0.25) is 0 Å². The molecule has 3 heteroatoms. The van der Waals surface area contributed by atoms with Gasteiger partial charge in [0.15, 0.2) is 0 Å². The van der Waals surface area contributed by atoms with Gasteiger partial charge in [-0.25, -0.2) is 0 Å². The molecular formula is C13H26N2O. The van der Waals surface area contributed by atoms with Crippen LogP contribution in [-0.4, -0.2) is 19.0 Å². The van der Waals surface area contributed by atoms with Crippen molar-refractivity contribution in [1.82, 2.24) is 5.32 Å². The SMILES string of the molecule is CC1CCCC(CCNC(=O)CCCN)C1. The average Bonchev–Trinajstić information content (AvgIpc) is 2.26. The van der Waals surface area contributed by atoms with Gasteiger partial charge in [-0.2, -0.15) is 0 Å². The second kappa shape index (κ2) is 7.66. The Bertz CT molecular complexity index is 206. The van der Waals surface area contributed by atoms with Crippen LogP contribution in [0.25, 0.3) is 0 Å². The number of carbonyl (C=O) groups excluding carboxylic acids is 1. The van der Waals surface area contributed by atoms with E-state index >= 15 is 0 Å². The van der Waals surface area contributed by atoms with E-state index in [0.29, 0.717) is 13.0 Å². The zero-order valence-corrected chi connectivity index (χ0v) is 10.5. The van der Waals surface area contributed by atoms with Crippen molar-refractivity contribution in [1.29, 1.82) is 0 Å². The van der Waals surface area contributed by atoms with E-state index in [1.54, 1.807) is 0 Å². The van der Waals surface area contributed by atoms with Gasteiger partial charge in [0.25, 0.3) is 0 Å². The van der Waals surface area contributed by atoms with Gasteiger partial charge >= 0.3 is 0 Å². The molecule has 1 fully saturated rings. The van der Waals surface area contributed by atoms with Crippen LogP contribution in [0, 0.1) is 11.8 Å². The zero-order chi connectivity index (χ0) is 11.8. The van der Waals surface area contributed by atoms with E-state index in [2.05, 4.69) is 12.2 Å². The van der Waals surface area contributed by atoms with E-state index in [1.165, 1.54) is 25.7 Å². The molecule has 0 saturated heterocycles. The van der Waals surface area contributed by atoms with Gasteiger partial charge in [-0.05, 0) is 37.6 Å². The Labute approximate surface area is 99.2 Å². The number of amides is 1. The highest BCUT2D eigenvalue weighted by molar-refractivity contribution is 5.75. The molecule has 0 radical (unpaired) electrons. The normalized spacial score (nSPS) is 25.4. The molecule has 3 nitrogen and oxygen atoms in total. The van der Waals surface area contributed by atoms with Crippen molar-refractivity contribution in [2.24, 2.45) is 17.6 Å². The van der Waals surface area contributed by atoms with Crippen molar-refractivity contribution in [3.8, 4) is 0 Å². The number of hydrogen-bond donors (Lipinski definition) is 2. The number of nitrogens with one attached hydrogen (secondary N) is 1. The fourth-order valence-electron chi connectivity index (χ4n) is 2.59. The van der Waals surface area contributed by atoms with Crippen LogP contribution in [0.3, 0.4) is 0 Å². The minimum absolute atomic E-state index is 0.161. The molecule has 1 aliphatic carbocycles. The number of nitrogens with two attached hydrogens (primary N) is 1. The Morgan fingerprint density at radius 2 is 2.25 bits per heavy atom. The number of hydrogen-bond acceptors (Lipinski definition) is 2. The molecule has 2 atom stereocenters. The van der Waals surface area contributed by atoms with Crippen molar-refractivity contribution < 1.29 is 4.79 Å². The first-order valence-electron chi connectivity index (χ1n) is 6.69. The molecule has 0 spiro atoms. The van der Waals surface area contributed by atoms with Crippen LogP contribution in [0.5, 0.6) is 0 Å². The van der Waals surface area contributed by atoms with Gasteiger partial charge in [0.1, 0.15) is 0 Å². The average molecular weight is 226 g/mol. The molecule has 0 bridgehead atoms. The maximum atomic E-state index is 11.3. The lowest BCUT2D eigenvalue weighted by Crippen LogP contribution is -2.27. The first kappa shape index (κ1) is 13.5. The number of carbonyl (C=O) groups is 1. The summed E-state index contributed by atoms with van der Waals surface area (Å²) in [4.78, 5) is 11.3. The summed E-state index contributed by atoms with van der Waals surface area (Å²) in [6.45, 7) is 3.79. The fraction of sp³-hybridized carbons (Fsp3) is 0.923. The Balaban J connectivity index is 2.03. The topological polar surface area (TPSA) is 55.1 Å². The largest absolute Gasteiger partial charge is 0.356 e. The minimum Gasteiger partial charge on any atom is -0.356 e. The molecular weight excluding hydrogens is 200 g/mol. The third-order valence-electron chi connectivity index (χ3n) is 3.53. The van der Waals surface area contributed by atoms with Crippen LogP contribution in [-0.2, 0) is 4.79 Å². The van der Waals surface area contributed by atoms with Crippen molar-refractivity contribution in [2.45, 2.75) is 51.9 Å². The predicted octanol–water partition coefficient (Wildman–Crippen LogP) is 2.06. The molecule has 0 aliphatic heterocycles. The Morgan fingerprint density at radius 1 is 1.44 bits per heavy atom. The fourth-order valence-corrected chi connectivity index (χ4v) is 2.59. The van der Waals surface area contributed by atoms with Gasteiger partial charge in [-0.15, -0.1) is 0 Å². The summed E-state index contributed by atoms with van der Waals surface area (Å²) in [5, 5.41) is 2.99. The first-order valence-corrected chi connectivity index (χ1v) is 6.69. The Kier molecular flexibility index (Phi) is 6.46. The summed E-state index contributed by atoms with van der Waals surface area (Å²) in [7, 11) is 0. The lowest BCUT2D eigenvalue weighted by molar-refractivity contribution is -0.121. The molecule has 16 heavy (non-hydrogen) atoms. The molecule has 0 aromatic heterocycles. The Hall–Kier alpha value is -0.570. The van der Waals surface area contributed by atoms with Crippen LogP contribution in [0.1, 0.15) is 51.9 Å². The molecule has 0 aromatic carbocycles. The van der Waals surface area contributed by atoms with E-state index in [4.69, 9.17) is 5.73 Å². The standard InChI is InChI=1S/C13H26N2O/c1-11-4-2-5-12(10-11)7-9-15-13(16)6-3-8-14/h11-12H,2-10,14H2,1H3,(H,15,16). The van der Waals surface area contributed by atoms with Gasteiger partial charge in [-0.3, -0.25) is 4.79 Å². The highest BCUT2D eigenvalue weighted by atomic mass is 16.1. The quantitative estimate of drug-likeness (QED) is 0.728. The van der Waals surface area contributed by atoms with E-state index in [1.807, 2.05) is 0 Å². The van der Waals surface area contributed by atoms with Gasteiger partial charge < -0.3 is 11.1 Å². The lowest BCUT2D eigenvalue weighted by atomic mass is 9.81. The molecule has 2 unspecified atom stereocenters. The molecule has 1 rings (SSSR count). The second-order valence-corrected chi connectivity index (χ2v) is 5.17. The molecule has 0 aromatic rings. The van der Waals surface area contributed by atoms with Gasteiger partial charge in [0.2, 0.25) is 5.91 Å². The van der Waals surface area contributed by atoms with Crippen molar-refractivity contribution >= 4 is 5.91 Å². The second-order valence-electron chi connectivity index (χ2n) is 5.17. The van der Waals surface area contributed by atoms with Gasteiger partial charge in [0, 0.05) is 13.0 Å². The van der Waals surface area contributed by atoms with E-state index in [-0.39, 0.29) is 5.91 Å². The van der Waals surface area contributed by atoms with Crippen LogP contribution in [0.15, 0.2) is 0 Å². The summed E-state index contributed by atoms with van der Waals surface area (Å²) >= 11 is 0. The van der Waals surface area contributed by atoms with Gasteiger partial charge in [-0.1, -0.05) is 26.2 Å². The monoisotopic (exact) mass is 226 g/mol. The molecule has 3 N–H and O–H groups in total. The summed E-state index contributed by atoms with van der Waals surface area (Å²) in [6, 6.07) is 0. The van der Waals surface area contributed by atoms with Crippen LogP contribution in [0.4, 0.5) is 0 Å². The molecule has 1 aliphatic rings. The lowest BCUT2D eigenvalue weighted by Gasteiger charge is -2.26. The highest BCUT2D eigenvalue weighted by Gasteiger charge is 2.18. The molecule has 0 heterocycles. The van der Waals surface area contributed by atoms with Crippen molar-refractivity contribution in [3.05, 3.63) is 0 Å². The first-order chi connectivity index (χ1) is 7.72. The summed E-state index contributed by atoms with van der Waals surface area (Å²) in [5.41, 5.74) is 5.36. The maximum Gasteiger partial charge on any atom is 0.220 e. The summed E-state index contributed by atoms with van der Waals surface area (Å²) < 4.78 is 0. The summed E-state index contributed by atoms with van der Waals surface area (Å²) in [6.07, 6.45) is 7.98. The van der Waals surface area contributed by atoms with E-state index < -0.39 is 0 Å². The van der Waals surface area contributed by atoms with Crippen molar-refractivity contribution in [3.63, 3.8) is 0 Å². The van der Waals surface area contributed by atoms with Gasteiger partial charge in [0.05, 0.1) is 0 Å². The number of rotatable bonds is 6. The molecule has 1 amide bonds. The summed E-state index contributed by atoms with van der Waals surface area (Å²) in [5.74, 6) is 1.87. The third kappa shape index (κ3) is 5.50. The third-order valence-corrected chi connectivity index (χ3v) is 3.53. The minimum atomic E-state index is 0.161. The Morgan fingerprint density at radius 3 is 2.94 bits per heavy atom. The predicted molar refractivity (Wildman–Crippen MR) is 67.0 cm³/mol. The maximum absolute atomic E-state index is 11.3. The van der Waals surface area contributed by atoms with Crippen LogP contribution >= 0.6 is 0 Å². The highest BCUT2D eigenvalue weighted by Crippen LogP contribution is 2.30. The molecule has 94 valence electrons. The van der Waals surface area contributed by atoms with E-state index in [9.17, 15) is 4.79 Å². The van der Waals surface area contributed by atoms with Crippen LogP contribution < -0.4 is 11.1 Å².